The van der Waals surface area contributed by atoms with Gasteiger partial charge in [0, 0.05) is 18.6 Å². The van der Waals surface area contributed by atoms with Crippen LogP contribution in [0.3, 0.4) is 0 Å². The molecule has 2 aliphatic rings. The molecule has 0 aromatic carbocycles. The van der Waals surface area contributed by atoms with E-state index in [1.165, 1.54) is 51.5 Å². The molecule has 0 radical (unpaired) electrons. The number of nitrogens with two attached hydrogens (primary N) is 1. The lowest BCUT2D eigenvalue weighted by Crippen LogP contribution is -2.52. The molecule has 1 saturated carbocycles. The summed E-state index contributed by atoms with van der Waals surface area (Å²) in [5, 5.41) is 0. The Morgan fingerprint density at radius 3 is 2.41 bits per heavy atom. The summed E-state index contributed by atoms with van der Waals surface area (Å²) < 4.78 is 0. The van der Waals surface area contributed by atoms with Crippen LogP contribution >= 0.6 is 0 Å². The zero-order valence-corrected chi connectivity index (χ0v) is 11.7. The van der Waals surface area contributed by atoms with E-state index >= 15 is 0 Å². The monoisotopic (exact) mass is 238 g/mol. The Labute approximate surface area is 107 Å². The third-order valence-electron chi connectivity index (χ3n) is 5.16. The number of hydrogen-bond donors (Lipinski definition) is 1. The highest BCUT2D eigenvalue weighted by molar-refractivity contribution is 4.88. The first-order valence-electron chi connectivity index (χ1n) is 7.70. The van der Waals surface area contributed by atoms with Crippen LogP contribution in [0.5, 0.6) is 0 Å². The van der Waals surface area contributed by atoms with Crippen molar-refractivity contribution < 1.29 is 0 Å². The fraction of sp³-hybridized carbons (Fsp3) is 1.00. The first-order valence-corrected chi connectivity index (χ1v) is 7.70. The van der Waals surface area contributed by atoms with Crippen molar-refractivity contribution in [3.05, 3.63) is 0 Å². The summed E-state index contributed by atoms with van der Waals surface area (Å²) in [6.45, 7) is 6.88. The van der Waals surface area contributed by atoms with E-state index < -0.39 is 0 Å². The van der Waals surface area contributed by atoms with E-state index in [0.29, 0.717) is 6.04 Å². The Kier molecular flexibility index (Phi) is 4.87. The number of hydrogen-bond acceptors (Lipinski definition) is 2. The summed E-state index contributed by atoms with van der Waals surface area (Å²) in [5.41, 5.74) is 5.97. The molecule has 2 nitrogen and oxygen atoms in total. The van der Waals surface area contributed by atoms with Crippen LogP contribution in [-0.2, 0) is 0 Å². The number of piperidine rings is 1. The summed E-state index contributed by atoms with van der Waals surface area (Å²) in [5.74, 6) is 1.89. The molecule has 0 spiro atoms. The van der Waals surface area contributed by atoms with E-state index in [2.05, 4.69) is 18.7 Å². The Morgan fingerprint density at radius 1 is 1.12 bits per heavy atom. The zero-order chi connectivity index (χ0) is 12.3. The van der Waals surface area contributed by atoms with Gasteiger partial charge < -0.3 is 5.73 Å². The molecule has 2 N–H and O–H groups in total. The third kappa shape index (κ3) is 3.23. The van der Waals surface area contributed by atoms with Gasteiger partial charge in [-0.3, -0.25) is 4.90 Å². The van der Waals surface area contributed by atoms with E-state index in [1.807, 2.05) is 0 Å². The summed E-state index contributed by atoms with van der Waals surface area (Å²) in [6.07, 6.45) is 9.82. The van der Waals surface area contributed by atoms with Crippen LogP contribution in [-0.4, -0.2) is 30.1 Å². The second-order valence-corrected chi connectivity index (χ2v) is 6.34. The van der Waals surface area contributed by atoms with Crippen molar-refractivity contribution in [3.8, 4) is 0 Å². The van der Waals surface area contributed by atoms with Crippen LogP contribution in [0.15, 0.2) is 0 Å². The fourth-order valence-corrected chi connectivity index (χ4v) is 3.87. The Balaban J connectivity index is 1.88. The van der Waals surface area contributed by atoms with Gasteiger partial charge in [0.25, 0.3) is 0 Å². The molecule has 1 aliphatic heterocycles. The fourth-order valence-electron chi connectivity index (χ4n) is 3.87. The molecular formula is C15H30N2. The van der Waals surface area contributed by atoms with Crippen LogP contribution < -0.4 is 5.73 Å². The van der Waals surface area contributed by atoms with Crippen molar-refractivity contribution in [3.63, 3.8) is 0 Å². The molecule has 2 atom stereocenters. The minimum Gasteiger partial charge on any atom is -0.329 e. The van der Waals surface area contributed by atoms with Crippen LogP contribution in [0.1, 0.15) is 58.8 Å². The van der Waals surface area contributed by atoms with Gasteiger partial charge in [0.05, 0.1) is 0 Å². The van der Waals surface area contributed by atoms with Gasteiger partial charge in [-0.25, -0.2) is 0 Å². The lowest BCUT2D eigenvalue weighted by molar-refractivity contribution is 0.0489. The standard InChI is InChI=1S/C15H30N2/c1-3-13-4-6-14(7-5-13)17-9-8-12(2)10-15(17)11-16/h12-15H,3-11,16H2,1-2H3. The molecule has 0 aromatic heterocycles. The molecule has 2 heteroatoms. The summed E-state index contributed by atoms with van der Waals surface area (Å²) >= 11 is 0. The van der Waals surface area contributed by atoms with Gasteiger partial charge in [-0.05, 0) is 56.9 Å². The van der Waals surface area contributed by atoms with Crippen LogP contribution in [0.25, 0.3) is 0 Å². The van der Waals surface area contributed by atoms with Crippen LogP contribution in [0, 0.1) is 11.8 Å². The Hall–Kier alpha value is -0.0800. The van der Waals surface area contributed by atoms with Crippen molar-refractivity contribution in [2.45, 2.75) is 70.9 Å². The Morgan fingerprint density at radius 2 is 1.82 bits per heavy atom. The quantitative estimate of drug-likeness (QED) is 0.819. The van der Waals surface area contributed by atoms with Gasteiger partial charge in [0.15, 0.2) is 0 Å². The highest BCUT2D eigenvalue weighted by atomic mass is 15.2. The minimum atomic E-state index is 0.668. The highest BCUT2D eigenvalue weighted by Gasteiger charge is 2.32. The average molecular weight is 238 g/mol. The van der Waals surface area contributed by atoms with Crippen molar-refractivity contribution in [2.24, 2.45) is 17.6 Å². The molecule has 2 rings (SSSR count). The van der Waals surface area contributed by atoms with Gasteiger partial charge in [0.1, 0.15) is 0 Å². The maximum atomic E-state index is 5.97. The minimum absolute atomic E-state index is 0.668. The average Bonchev–Trinajstić information content (AvgIpc) is 2.39. The molecule has 1 aliphatic carbocycles. The smallest absolute Gasteiger partial charge is 0.0223 e. The Bertz CT molecular complexity index is 221. The number of nitrogens with zero attached hydrogens (tertiary/aromatic N) is 1. The van der Waals surface area contributed by atoms with E-state index in [0.717, 1.165) is 24.4 Å². The first kappa shape index (κ1) is 13.4. The van der Waals surface area contributed by atoms with Crippen molar-refractivity contribution in [1.29, 1.82) is 0 Å². The molecule has 1 saturated heterocycles. The lowest BCUT2D eigenvalue weighted by Gasteiger charge is -2.45. The molecule has 1 heterocycles. The van der Waals surface area contributed by atoms with Crippen molar-refractivity contribution in [1.82, 2.24) is 4.90 Å². The van der Waals surface area contributed by atoms with Gasteiger partial charge in [-0.1, -0.05) is 20.3 Å². The number of rotatable bonds is 3. The second-order valence-electron chi connectivity index (χ2n) is 6.34. The zero-order valence-electron chi connectivity index (χ0n) is 11.7. The molecule has 0 bridgehead atoms. The summed E-state index contributed by atoms with van der Waals surface area (Å²) in [6, 6.07) is 1.51. The molecule has 0 amide bonds. The first-order chi connectivity index (χ1) is 8.24. The summed E-state index contributed by atoms with van der Waals surface area (Å²) in [7, 11) is 0. The van der Waals surface area contributed by atoms with E-state index in [-0.39, 0.29) is 0 Å². The van der Waals surface area contributed by atoms with Crippen LogP contribution in [0.4, 0.5) is 0 Å². The molecule has 2 fully saturated rings. The summed E-state index contributed by atoms with van der Waals surface area (Å²) in [4.78, 5) is 2.76. The van der Waals surface area contributed by atoms with Gasteiger partial charge in [0.2, 0.25) is 0 Å². The predicted octanol–water partition coefficient (Wildman–Crippen LogP) is 3.01. The van der Waals surface area contributed by atoms with Gasteiger partial charge >= 0.3 is 0 Å². The highest BCUT2D eigenvalue weighted by Crippen LogP contribution is 2.33. The van der Waals surface area contributed by atoms with Crippen LogP contribution in [0.2, 0.25) is 0 Å². The van der Waals surface area contributed by atoms with E-state index in [4.69, 9.17) is 5.73 Å². The second kappa shape index (κ2) is 6.19. The molecule has 2 unspecified atom stereocenters. The molecule has 0 aromatic rings. The van der Waals surface area contributed by atoms with E-state index in [9.17, 15) is 0 Å². The van der Waals surface area contributed by atoms with Gasteiger partial charge in [-0.15, -0.1) is 0 Å². The van der Waals surface area contributed by atoms with Crippen molar-refractivity contribution in [2.75, 3.05) is 13.1 Å². The maximum absolute atomic E-state index is 5.97. The largest absolute Gasteiger partial charge is 0.329 e. The topological polar surface area (TPSA) is 29.3 Å². The normalized spacial score (nSPS) is 40.4. The van der Waals surface area contributed by atoms with Gasteiger partial charge in [-0.2, -0.15) is 0 Å². The molecular weight excluding hydrogens is 208 g/mol. The SMILES string of the molecule is CCC1CCC(N2CCC(C)CC2CN)CC1. The molecule has 17 heavy (non-hydrogen) atoms. The lowest BCUT2D eigenvalue weighted by atomic mass is 9.81. The van der Waals surface area contributed by atoms with Crippen molar-refractivity contribution >= 4 is 0 Å². The molecule has 100 valence electrons. The maximum Gasteiger partial charge on any atom is 0.0223 e. The third-order valence-corrected chi connectivity index (χ3v) is 5.16. The number of likely N-dealkylation sites (tertiary alicyclic amines) is 1. The van der Waals surface area contributed by atoms with E-state index in [1.54, 1.807) is 0 Å². The predicted molar refractivity (Wildman–Crippen MR) is 74.0 cm³/mol.